The normalized spacial score (nSPS) is 19.2. The minimum atomic E-state index is 0.531. The van der Waals surface area contributed by atoms with Crippen molar-refractivity contribution in [2.75, 3.05) is 32.1 Å². The Morgan fingerprint density at radius 3 is 3.05 bits per heavy atom. The Bertz CT molecular complexity index is 454. The molecule has 0 saturated heterocycles. The zero-order valence-corrected chi connectivity index (χ0v) is 12.5. The summed E-state index contributed by atoms with van der Waals surface area (Å²) in [6.45, 7) is 4.14. The molecule has 1 fully saturated rings. The summed E-state index contributed by atoms with van der Waals surface area (Å²) < 4.78 is 5.22. The maximum absolute atomic E-state index is 5.22. The number of anilines is 1. The van der Waals surface area contributed by atoms with Gasteiger partial charge >= 0.3 is 0 Å². The number of hydrogen-bond donors (Lipinski definition) is 2. The lowest BCUT2D eigenvalue weighted by Crippen LogP contribution is -2.25. The molecule has 3 nitrogen and oxygen atoms in total. The summed E-state index contributed by atoms with van der Waals surface area (Å²) in [4.78, 5) is 0. The van der Waals surface area contributed by atoms with Gasteiger partial charge in [-0.1, -0.05) is 12.1 Å². The molecule has 20 heavy (non-hydrogen) atoms. The summed E-state index contributed by atoms with van der Waals surface area (Å²) in [5.41, 5.74) is 4.87. The van der Waals surface area contributed by atoms with Crippen LogP contribution >= 0.6 is 0 Å². The summed E-state index contributed by atoms with van der Waals surface area (Å²) in [7, 11) is 1.80. The Kier molecular flexibility index (Phi) is 4.27. The molecule has 3 heteroatoms. The number of methoxy groups -OCH3 is 1. The topological polar surface area (TPSA) is 33.3 Å². The second-order valence-corrected chi connectivity index (χ2v) is 6.32. The van der Waals surface area contributed by atoms with Gasteiger partial charge in [0.05, 0.1) is 0 Å². The monoisotopic (exact) mass is 274 g/mol. The quantitative estimate of drug-likeness (QED) is 0.802. The molecule has 1 saturated carbocycles. The molecular formula is C17H26N2O. The Morgan fingerprint density at radius 2 is 2.25 bits per heavy atom. The molecule has 1 aliphatic heterocycles. The first-order valence-corrected chi connectivity index (χ1v) is 7.87. The van der Waals surface area contributed by atoms with Crippen LogP contribution in [0.3, 0.4) is 0 Å². The summed E-state index contributed by atoms with van der Waals surface area (Å²) in [5.74, 6) is 0. The molecule has 110 valence electrons. The second-order valence-electron chi connectivity index (χ2n) is 6.32. The number of ether oxygens (including phenoxy) is 1. The van der Waals surface area contributed by atoms with Gasteiger partial charge in [-0.05, 0) is 54.7 Å². The van der Waals surface area contributed by atoms with Gasteiger partial charge in [0.15, 0.2) is 0 Å². The zero-order chi connectivity index (χ0) is 13.8. The van der Waals surface area contributed by atoms with E-state index in [1.807, 2.05) is 0 Å². The Labute approximate surface area is 122 Å². The Balaban J connectivity index is 1.54. The number of fused-ring (bicyclic) bond motifs is 1. The number of rotatable bonds is 7. The second kappa shape index (κ2) is 6.15. The van der Waals surface area contributed by atoms with Crippen LogP contribution in [0, 0.1) is 5.41 Å². The van der Waals surface area contributed by atoms with Crippen LogP contribution in [0.1, 0.15) is 36.8 Å². The number of hydrogen-bond acceptors (Lipinski definition) is 3. The molecule has 0 amide bonds. The van der Waals surface area contributed by atoms with E-state index in [0.29, 0.717) is 5.41 Å². The van der Waals surface area contributed by atoms with Crippen molar-refractivity contribution in [3.8, 4) is 0 Å². The maximum Gasteiger partial charge on any atom is 0.0468 e. The van der Waals surface area contributed by atoms with E-state index in [-0.39, 0.29) is 0 Å². The molecule has 2 aliphatic rings. The van der Waals surface area contributed by atoms with Crippen molar-refractivity contribution in [2.24, 2.45) is 5.41 Å². The third-order valence-electron chi connectivity index (χ3n) is 4.80. The average molecular weight is 274 g/mol. The van der Waals surface area contributed by atoms with Crippen molar-refractivity contribution in [1.29, 1.82) is 0 Å². The third-order valence-corrected chi connectivity index (χ3v) is 4.80. The SMILES string of the molecule is COCCC1(CNCc2cccc3c2CCCN3)CC1. The molecule has 0 unspecified atom stereocenters. The fourth-order valence-corrected chi connectivity index (χ4v) is 3.22. The lowest BCUT2D eigenvalue weighted by Gasteiger charge is -2.22. The fourth-order valence-electron chi connectivity index (χ4n) is 3.22. The van der Waals surface area contributed by atoms with Crippen molar-refractivity contribution in [1.82, 2.24) is 5.32 Å². The van der Waals surface area contributed by atoms with Crippen LogP contribution in [-0.2, 0) is 17.7 Å². The highest BCUT2D eigenvalue weighted by atomic mass is 16.5. The molecule has 0 aromatic heterocycles. The number of nitrogens with one attached hydrogen (secondary N) is 2. The maximum atomic E-state index is 5.22. The van der Waals surface area contributed by atoms with Crippen LogP contribution in [0.2, 0.25) is 0 Å². The van der Waals surface area contributed by atoms with E-state index in [9.17, 15) is 0 Å². The molecule has 0 radical (unpaired) electrons. The van der Waals surface area contributed by atoms with E-state index in [0.717, 1.165) is 26.2 Å². The van der Waals surface area contributed by atoms with E-state index < -0.39 is 0 Å². The average Bonchev–Trinajstić information content (AvgIpc) is 3.26. The van der Waals surface area contributed by atoms with Gasteiger partial charge in [0.2, 0.25) is 0 Å². The van der Waals surface area contributed by atoms with E-state index in [1.165, 1.54) is 48.9 Å². The van der Waals surface area contributed by atoms with E-state index in [4.69, 9.17) is 4.74 Å². The van der Waals surface area contributed by atoms with Crippen LogP contribution in [0.25, 0.3) is 0 Å². The molecule has 0 atom stereocenters. The lowest BCUT2D eigenvalue weighted by atomic mass is 9.97. The predicted octanol–water partition coefficient (Wildman–Crippen LogP) is 2.95. The van der Waals surface area contributed by atoms with Crippen LogP contribution in [0.15, 0.2) is 18.2 Å². The molecule has 0 spiro atoms. The van der Waals surface area contributed by atoms with Crippen molar-refractivity contribution < 1.29 is 4.74 Å². The first kappa shape index (κ1) is 13.9. The van der Waals surface area contributed by atoms with Crippen molar-refractivity contribution >= 4 is 5.69 Å². The van der Waals surface area contributed by atoms with Gasteiger partial charge in [-0.25, -0.2) is 0 Å². The van der Waals surface area contributed by atoms with Crippen molar-refractivity contribution in [3.05, 3.63) is 29.3 Å². The van der Waals surface area contributed by atoms with Crippen LogP contribution < -0.4 is 10.6 Å². The Hall–Kier alpha value is -1.06. The van der Waals surface area contributed by atoms with Gasteiger partial charge in [0.1, 0.15) is 0 Å². The first-order chi connectivity index (χ1) is 9.83. The molecular weight excluding hydrogens is 248 g/mol. The lowest BCUT2D eigenvalue weighted by molar-refractivity contribution is 0.171. The summed E-state index contributed by atoms with van der Waals surface area (Å²) in [6.07, 6.45) is 6.39. The van der Waals surface area contributed by atoms with Crippen molar-refractivity contribution in [2.45, 2.75) is 38.6 Å². The first-order valence-electron chi connectivity index (χ1n) is 7.87. The zero-order valence-electron chi connectivity index (χ0n) is 12.5. The van der Waals surface area contributed by atoms with Crippen LogP contribution in [0.4, 0.5) is 5.69 Å². The molecule has 3 rings (SSSR count). The summed E-state index contributed by atoms with van der Waals surface area (Å²) >= 11 is 0. The highest BCUT2D eigenvalue weighted by Gasteiger charge is 2.41. The largest absolute Gasteiger partial charge is 0.385 e. The Morgan fingerprint density at radius 1 is 1.35 bits per heavy atom. The van der Waals surface area contributed by atoms with Gasteiger partial charge in [-0.2, -0.15) is 0 Å². The highest BCUT2D eigenvalue weighted by Crippen LogP contribution is 2.48. The van der Waals surface area contributed by atoms with E-state index in [2.05, 4.69) is 28.8 Å². The van der Waals surface area contributed by atoms with Gasteiger partial charge in [-0.15, -0.1) is 0 Å². The molecule has 1 heterocycles. The molecule has 1 aromatic rings. The molecule has 0 bridgehead atoms. The van der Waals surface area contributed by atoms with E-state index in [1.54, 1.807) is 7.11 Å². The minimum absolute atomic E-state index is 0.531. The van der Waals surface area contributed by atoms with Crippen LogP contribution in [-0.4, -0.2) is 26.8 Å². The molecule has 1 aliphatic carbocycles. The van der Waals surface area contributed by atoms with Gasteiger partial charge in [-0.3, -0.25) is 0 Å². The van der Waals surface area contributed by atoms with Gasteiger partial charge in [0, 0.05) is 39.0 Å². The van der Waals surface area contributed by atoms with Gasteiger partial charge < -0.3 is 15.4 Å². The predicted molar refractivity (Wildman–Crippen MR) is 83.1 cm³/mol. The minimum Gasteiger partial charge on any atom is -0.385 e. The third kappa shape index (κ3) is 3.15. The van der Waals surface area contributed by atoms with Crippen molar-refractivity contribution in [3.63, 3.8) is 0 Å². The molecule has 1 aromatic carbocycles. The van der Waals surface area contributed by atoms with Gasteiger partial charge in [0.25, 0.3) is 0 Å². The van der Waals surface area contributed by atoms with Crippen LogP contribution in [0.5, 0.6) is 0 Å². The summed E-state index contributed by atoms with van der Waals surface area (Å²) in [5, 5.41) is 7.19. The smallest absolute Gasteiger partial charge is 0.0468 e. The fraction of sp³-hybridized carbons (Fsp3) is 0.647. The van der Waals surface area contributed by atoms with E-state index >= 15 is 0 Å². The summed E-state index contributed by atoms with van der Waals surface area (Å²) in [6, 6.07) is 6.65. The standard InChI is InChI=1S/C17H26N2O/c1-20-11-9-17(7-8-17)13-18-12-14-4-2-6-16-15(14)5-3-10-19-16/h2,4,6,18-19H,3,5,7-13H2,1H3. The highest BCUT2D eigenvalue weighted by molar-refractivity contribution is 5.56. The molecule has 2 N–H and O–H groups in total. The number of benzene rings is 1.